The second-order valence-corrected chi connectivity index (χ2v) is 7.56. The predicted molar refractivity (Wildman–Crippen MR) is 114 cm³/mol. The van der Waals surface area contributed by atoms with E-state index in [0.717, 1.165) is 54.6 Å². The summed E-state index contributed by atoms with van der Waals surface area (Å²) < 4.78 is 1.81. The average Bonchev–Trinajstić information content (AvgIpc) is 3.38. The van der Waals surface area contributed by atoms with E-state index in [1.807, 2.05) is 60.8 Å². The third-order valence-corrected chi connectivity index (χ3v) is 6.23. The van der Waals surface area contributed by atoms with E-state index in [1.165, 1.54) is 0 Å². The van der Waals surface area contributed by atoms with Crippen LogP contribution in [0.2, 0.25) is 0 Å². The topological polar surface area (TPSA) is 49.4 Å². The van der Waals surface area contributed by atoms with Crippen LogP contribution in [0.25, 0.3) is 0 Å². The van der Waals surface area contributed by atoms with Crippen molar-refractivity contribution >= 4 is 54.7 Å². The highest BCUT2D eigenvalue weighted by atomic mass is 79.9. The first-order valence-electron chi connectivity index (χ1n) is 7.96. The summed E-state index contributed by atoms with van der Waals surface area (Å²) in [6, 6.07) is 0. The summed E-state index contributed by atoms with van der Waals surface area (Å²) in [5.41, 5.74) is 6.86. The van der Waals surface area contributed by atoms with Gasteiger partial charge in [0.05, 0.1) is 54.6 Å². The van der Waals surface area contributed by atoms with Crippen molar-refractivity contribution in [2.75, 3.05) is 0 Å². The Labute approximate surface area is 166 Å². The third kappa shape index (κ3) is 2.85. The Balaban J connectivity index is 1.69. The van der Waals surface area contributed by atoms with Crippen molar-refractivity contribution in [2.45, 2.75) is 0 Å². The number of allylic oxidation sites excluding steroid dienone is 12. The number of hydrogen-bond donors (Lipinski definition) is 0. The van der Waals surface area contributed by atoms with Crippen LogP contribution in [0.1, 0.15) is 0 Å². The molecule has 0 saturated heterocycles. The number of aliphatic imine (C=N–C) groups is 4. The molecule has 26 heavy (non-hydrogen) atoms. The molecule has 0 atom stereocenters. The number of halogens is 2. The molecule has 0 aromatic heterocycles. The van der Waals surface area contributed by atoms with Gasteiger partial charge in [0.2, 0.25) is 0 Å². The highest BCUT2D eigenvalue weighted by Gasteiger charge is 2.20. The summed E-state index contributed by atoms with van der Waals surface area (Å²) in [6.07, 6.45) is 19.7. The molecule has 0 saturated carbocycles. The lowest BCUT2D eigenvalue weighted by Crippen LogP contribution is -1.90. The molecule has 0 fully saturated rings. The van der Waals surface area contributed by atoms with E-state index in [4.69, 9.17) is 4.99 Å². The molecular formula is C20H10Br2N4. The van der Waals surface area contributed by atoms with Gasteiger partial charge in [0.25, 0.3) is 0 Å². The molecule has 5 heterocycles. The van der Waals surface area contributed by atoms with Crippen molar-refractivity contribution in [2.24, 2.45) is 20.0 Å². The lowest BCUT2D eigenvalue weighted by atomic mass is 10.2. The fourth-order valence-corrected chi connectivity index (χ4v) is 3.71. The van der Waals surface area contributed by atoms with E-state index in [0.29, 0.717) is 0 Å². The molecule has 0 aliphatic carbocycles. The van der Waals surface area contributed by atoms with Crippen molar-refractivity contribution < 1.29 is 0 Å². The molecule has 5 aliphatic rings. The van der Waals surface area contributed by atoms with Crippen molar-refractivity contribution in [1.29, 1.82) is 0 Å². The van der Waals surface area contributed by atoms with Gasteiger partial charge in [-0.25, -0.2) is 20.0 Å². The minimum absolute atomic E-state index is 0.826. The molecule has 0 spiro atoms. The molecule has 124 valence electrons. The Morgan fingerprint density at radius 3 is 1.58 bits per heavy atom. The minimum atomic E-state index is 0.826. The van der Waals surface area contributed by atoms with Gasteiger partial charge in [0.1, 0.15) is 0 Å². The van der Waals surface area contributed by atoms with Crippen LogP contribution < -0.4 is 0 Å². The Kier molecular flexibility index (Phi) is 3.69. The summed E-state index contributed by atoms with van der Waals surface area (Å²) in [4.78, 5) is 18.6. The number of nitrogens with zero attached hydrogens (tertiary/aromatic N) is 4. The number of rotatable bonds is 0. The Hall–Kier alpha value is -2.44. The maximum atomic E-state index is 4.70. The van der Waals surface area contributed by atoms with Gasteiger partial charge in [-0.05, 0) is 92.6 Å². The zero-order valence-corrected chi connectivity index (χ0v) is 16.5. The Morgan fingerprint density at radius 2 is 1.00 bits per heavy atom. The Bertz CT molecular complexity index is 1130. The molecule has 0 aromatic carbocycles. The molecule has 8 bridgehead atoms. The molecule has 5 rings (SSSR count). The molecular weight excluding hydrogens is 456 g/mol. The van der Waals surface area contributed by atoms with E-state index in [1.54, 1.807) is 0 Å². The van der Waals surface area contributed by atoms with Crippen LogP contribution in [0, 0.1) is 0 Å². The van der Waals surface area contributed by atoms with E-state index >= 15 is 0 Å². The fraction of sp³-hybridized carbons (Fsp3) is 0. The first kappa shape index (κ1) is 15.8. The standard InChI is InChI=1S/C20H10Br2N4/c21-19-17-9-15-5-3-13(24-15)7-11-1-2-12(23-11)8-14-4-6-16(25-14)10-18(26-17)20(19)22/h1-10H. The number of fused-ring (bicyclic) bond motifs is 4. The summed E-state index contributed by atoms with van der Waals surface area (Å²) in [7, 11) is 0. The van der Waals surface area contributed by atoms with E-state index in [9.17, 15) is 0 Å². The number of hydrogen-bond acceptors (Lipinski definition) is 4. The van der Waals surface area contributed by atoms with E-state index < -0.39 is 0 Å². The van der Waals surface area contributed by atoms with Gasteiger partial charge in [-0.3, -0.25) is 0 Å². The molecule has 0 unspecified atom stereocenters. The van der Waals surface area contributed by atoms with Crippen LogP contribution in [0.4, 0.5) is 0 Å². The van der Waals surface area contributed by atoms with E-state index in [-0.39, 0.29) is 0 Å². The molecule has 5 aliphatic heterocycles. The smallest absolute Gasteiger partial charge is 0.0813 e. The molecule has 6 heteroatoms. The molecule has 0 aromatic rings. The first-order chi connectivity index (χ1) is 12.6. The van der Waals surface area contributed by atoms with Gasteiger partial charge in [0.15, 0.2) is 0 Å². The SMILES string of the molecule is BrC1=C(Br)C2=NC1=CC1=NC(=CC3=NC(=CC4=NC(=C2)C=C4)C=C3)C=C1. The van der Waals surface area contributed by atoms with Gasteiger partial charge in [-0.1, -0.05) is 0 Å². The van der Waals surface area contributed by atoms with Crippen LogP contribution >= 0.6 is 31.9 Å². The van der Waals surface area contributed by atoms with Crippen molar-refractivity contribution in [1.82, 2.24) is 0 Å². The van der Waals surface area contributed by atoms with Crippen molar-refractivity contribution in [3.63, 3.8) is 0 Å². The molecule has 4 nitrogen and oxygen atoms in total. The van der Waals surface area contributed by atoms with Gasteiger partial charge >= 0.3 is 0 Å². The lowest BCUT2D eigenvalue weighted by Gasteiger charge is -1.94. The monoisotopic (exact) mass is 464 g/mol. The summed E-state index contributed by atoms with van der Waals surface area (Å²) in [5.74, 6) is 0. The zero-order valence-electron chi connectivity index (χ0n) is 13.3. The van der Waals surface area contributed by atoms with Gasteiger partial charge in [-0.2, -0.15) is 0 Å². The maximum Gasteiger partial charge on any atom is 0.0813 e. The van der Waals surface area contributed by atoms with Crippen molar-refractivity contribution in [3.05, 3.63) is 92.5 Å². The molecule has 0 amide bonds. The zero-order chi connectivity index (χ0) is 17.7. The maximum absolute atomic E-state index is 4.70. The van der Waals surface area contributed by atoms with Crippen LogP contribution in [0.3, 0.4) is 0 Å². The largest absolute Gasteiger partial charge is 0.249 e. The minimum Gasteiger partial charge on any atom is -0.249 e. The van der Waals surface area contributed by atoms with Crippen LogP contribution in [-0.2, 0) is 0 Å². The van der Waals surface area contributed by atoms with E-state index in [2.05, 4.69) is 46.8 Å². The second kappa shape index (κ2) is 6.07. The lowest BCUT2D eigenvalue weighted by molar-refractivity contribution is 1.41. The second-order valence-electron chi connectivity index (χ2n) is 5.97. The van der Waals surface area contributed by atoms with Gasteiger partial charge in [0, 0.05) is 0 Å². The van der Waals surface area contributed by atoms with Crippen LogP contribution in [-0.4, -0.2) is 22.8 Å². The summed E-state index contributed by atoms with van der Waals surface area (Å²) >= 11 is 7.22. The van der Waals surface area contributed by atoms with Gasteiger partial charge in [-0.15, -0.1) is 0 Å². The average molecular weight is 466 g/mol. The summed E-state index contributed by atoms with van der Waals surface area (Å²) in [5, 5.41) is 0. The quantitative estimate of drug-likeness (QED) is 0.482. The van der Waals surface area contributed by atoms with Crippen LogP contribution in [0.15, 0.2) is 112 Å². The van der Waals surface area contributed by atoms with Gasteiger partial charge < -0.3 is 0 Å². The molecule has 0 radical (unpaired) electrons. The molecule has 0 N–H and O–H groups in total. The first-order valence-corrected chi connectivity index (χ1v) is 9.54. The normalized spacial score (nSPS) is 22.7. The highest BCUT2D eigenvalue weighted by Crippen LogP contribution is 2.35. The predicted octanol–water partition coefficient (Wildman–Crippen LogP) is 5.02. The van der Waals surface area contributed by atoms with Crippen molar-refractivity contribution in [3.8, 4) is 0 Å². The third-order valence-electron chi connectivity index (χ3n) is 4.09. The fourth-order valence-electron chi connectivity index (χ4n) is 2.89. The van der Waals surface area contributed by atoms with Crippen LogP contribution in [0.5, 0.6) is 0 Å². The highest BCUT2D eigenvalue weighted by molar-refractivity contribution is 9.14. The Morgan fingerprint density at radius 1 is 0.500 bits per heavy atom. The summed E-state index contributed by atoms with van der Waals surface area (Å²) in [6.45, 7) is 0.